The number of anilines is 2. The van der Waals surface area contributed by atoms with Gasteiger partial charge in [0, 0.05) is 52.4 Å². The van der Waals surface area contributed by atoms with Crippen molar-refractivity contribution >= 4 is 28.9 Å². The van der Waals surface area contributed by atoms with Crippen molar-refractivity contribution in [2.24, 2.45) is 7.05 Å². The first kappa shape index (κ1) is 19.0. The Morgan fingerprint density at radius 2 is 1.67 bits per heavy atom. The Labute approximate surface area is 179 Å². The third-order valence-corrected chi connectivity index (χ3v) is 6.72. The minimum Gasteiger partial charge on any atom is -0.356 e. The number of thiophene rings is 1. The minimum atomic E-state index is 0.0351. The van der Waals surface area contributed by atoms with E-state index < -0.39 is 0 Å². The second-order valence-corrected chi connectivity index (χ2v) is 8.67. The number of piperazine rings is 1. The van der Waals surface area contributed by atoms with Gasteiger partial charge in [-0.15, -0.1) is 11.3 Å². The van der Waals surface area contributed by atoms with Crippen LogP contribution in [0.2, 0.25) is 0 Å². The van der Waals surface area contributed by atoms with Gasteiger partial charge in [0.1, 0.15) is 29.4 Å². The fraction of sp³-hybridized carbons (Fsp3) is 0.429. The Morgan fingerprint density at radius 1 is 0.967 bits per heavy atom. The number of amides is 1. The molecule has 5 rings (SSSR count). The van der Waals surface area contributed by atoms with E-state index in [1.165, 1.54) is 12.8 Å². The summed E-state index contributed by atoms with van der Waals surface area (Å²) in [4.78, 5) is 29.6. The molecule has 2 aliphatic heterocycles. The number of aromatic nitrogens is 4. The highest BCUT2D eigenvalue weighted by Gasteiger charge is 2.26. The van der Waals surface area contributed by atoms with Gasteiger partial charge in [-0.1, -0.05) is 6.07 Å². The standard InChI is InChI=1S/C21H25N7OS/c1-25-17(13-16(24-25)18-5-4-12-30-18)21(29)28-10-8-27(9-11-28)20-14-19(22-15-23-20)26-6-2-3-7-26/h4-5,12-15H,2-3,6-11H2,1H3. The molecule has 5 heterocycles. The Hall–Kier alpha value is -2.94. The summed E-state index contributed by atoms with van der Waals surface area (Å²) in [6.45, 7) is 4.99. The number of aryl methyl sites for hydroxylation is 1. The molecular formula is C21H25N7OS. The molecule has 0 radical (unpaired) electrons. The smallest absolute Gasteiger partial charge is 0.272 e. The maximum absolute atomic E-state index is 13.1. The van der Waals surface area contributed by atoms with Gasteiger partial charge < -0.3 is 14.7 Å². The van der Waals surface area contributed by atoms with Crippen LogP contribution in [0.15, 0.2) is 36.0 Å². The molecule has 0 atom stereocenters. The van der Waals surface area contributed by atoms with E-state index >= 15 is 0 Å². The zero-order chi connectivity index (χ0) is 20.5. The Bertz CT molecular complexity index is 1020. The largest absolute Gasteiger partial charge is 0.356 e. The molecule has 0 saturated carbocycles. The first-order valence-electron chi connectivity index (χ1n) is 10.4. The van der Waals surface area contributed by atoms with Crippen LogP contribution in [0.5, 0.6) is 0 Å². The SMILES string of the molecule is Cn1nc(-c2cccs2)cc1C(=O)N1CCN(c2cc(N3CCCC3)ncn2)CC1. The average Bonchev–Trinajstić information content (AvgIpc) is 3.55. The van der Waals surface area contributed by atoms with Gasteiger partial charge in [0.15, 0.2) is 0 Å². The highest BCUT2D eigenvalue weighted by molar-refractivity contribution is 7.13. The number of carbonyl (C=O) groups excluding carboxylic acids is 1. The zero-order valence-electron chi connectivity index (χ0n) is 17.1. The third-order valence-electron chi connectivity index (χ3n) is 5.83. The second-order valence-electron chi connectivity index (χ2n) is 7.72. The maximum atomic E-state index is 13.1. The van der Waals surface area contributed by atoms with Crippen molar-refractivity contribution in [1.29, 1.82) is 0 Å². The maximum Gasteiger partial charge on any atom is 0.272 e. The number of carbonyl (C=O) groups is 1. The molecule has 30 heavy (non-hydrogen) atoms. The van der Waals surface area contributed by atoms with Crippen LogP contribution in [0, 0.1) is 0 Å². The monoisotopic (exact) mass is 423 g/mol. The van der Waals surface area contributed by atoms with E-state index in [4.69, 9.17) is 0 Å². The number of hydrogen-bond acceptors (Lipinski definition) is 7. The predicted molar refractivity (Wildman–Crippen MR) is 118 cm³/mol. The molecule has 0 spiro atoms. The summed E-state index contributed by atoms with van der Waals surface area (Å²) in [6, 6.07) is 8.00. The summed E-state index contributed by atoms with van der Waals surface area (Å²) in [5, 5.41) is 6.55. The first-order valence-corrected chi connectivity index (χ1v) is 11.3. The molecule has 9 heteroatoms. The predicted octanol–water partition coefficient (Wildman–Crippen LogP) is 2.50. The molecule has 0 N–H and O–H groups in total. The van der Waals surface area contributed by atoms with Crippen molar-refractivity contribution < 1.29 is 4.79 Å². The van der Waals surface area contributed by atoms with Gasteiger partial charge in [-0.05, 0) is 30.4 Å². The molecule has 2 saturated heterocycles. The number of rotatable bonds is 4. The summed E-state index contributed by atoms with van der Waals surface area (Å²) in [5.74, 6) is 1.99. The molecule has 3 aromatic heterocycles. The quantitative estimate of drug-likeness (QED) is 0.642. The van der Waals surface area contributed by atoms with E-state index in [9.17, 15) is 4.79 Å². The van der Waals surface area contributed by atoms with Crippen molar-refractivity contribution in [3.8, 4) is 10.6 Å². The summed E-state index contributed by atoms with van der Waals surface area (Å²) in [5.41, 5.74) is 1.48. The molecular weight excluding hydrogens is 398 g/mol. The van der Waals surface area contributed by atoms with Crippen LogP contribution in [0.3, 0.4) is 0 Å². The molecule has 2 aliphatic rings. The van der Waals surface area contributed by atoms with Crippen LogP contribution in [-0.4, -0.2) is 69.8 Å². The molecule has 1 amide bonds. The summed E-state index contributed by atoms with van der Waals surface area (Å²) in [7, 11) is 1.83. The van der Waals surface area contributed by atoms with Gasteiger partial charge >= 0.3 is 0 Å². The first-order chi connectivity index (χ1) is 14.7. The van der Waals surface area contributed by atoms with Crippen LogP contribution in [0.1, 0.15) is 23.3 Å². The summed E-state index contributed by atoms with van der Waals surface area (Å²) in [6.07, 6.45) is 4.10. The Kier molecular flexibility index (Phi) is 5.12. The molecule has 0 aliphatic carbocycles. The van der Waals surface area contributed by atoms with E-state index in [1.807, 2.05) is 35.5 Å². The highest BCUT2D eigenvalue weighted by atomic mass is 32.1. The molecule has 3 aromatic rings. The molecule has 156 valence electrons. The van der Waals surface area contributed by atoms with Crippen LogP contribution in [0.4, 0.5) is 11.6 Å². The van der Waals surface area contributed by atoms with Gasteiger partial charge in [-0.3, -0.25) is 9.48 Å². The van der Waals surface area contributed by atoms with Crippen molar-refractivity contribution in [1.82, 2.24) is 24.6 Å². The fourth-order valence-electron chi connectivity index (χ4n) is 4.14. The summed E-state index contributed by atoms with van der Waals surface area (Å²) < 4.78 is 1.69. The van der Waals surface area contributed by atoms with E-state index in [2.05, 4.69) is 30.9 Å². The molecule has 2 fully saturated rings. The topological polar surface area (TPSA) is 70.4 Å². The summed E-state index contributed by atoms with van der Waals surface area (Å²) >= 11 is 1.63. The van der Waals surface area contributed by atoms with Crippen LogP contribution in [0.25, 0.3) is 10.6 Å². The minimum absolute atomic E-state index is 0.0351. The third kappa shape index (κ3) is 3.65. The van der Waals surface area contributed by atoms with Gasteiger partial charge in [-0.25, -0.2) is 9.97 Å². The molecule has 0 bridgehead atoms. The zero-order valence-corrected chi connectivity index (χ0v) is 17.9. The van der Waals surface area contributed by atoms with E-state index in [0.717, 1.165) is 48.4 Å². The molecule has 0 aromatic carbocycles. The van der Waals surface area contributed by atoms with Crippen LogP contribution < -0.4 is 9.80 Å². The fourth-order valence-corrected chi connectivity index (χ4v) is 4.82. The van der Waals surface area contributed by atoms with E-state index in [0.29, 0.717) is 18.8 Å². The number of hydrogen-bond donors (Lipinski definition) is 0. The van der Waals surface area contributed by atoms with E-state index in [-0.39, 0.29) is 5.91 Å². The highest BCUT2D eigenvalue weighted by Crippen LogP contribution is 2.25. The lowest BCUT2D eigenvalue weighted by molar-refractivity contribution is 0.0735. The second kappa shape index (κ2) is 8.06. The lowest BCUT2D eigenvalue weighted by Gasteiger charge is -2.35. The van der Waals surface area contributed by atoms with Crippen molar-refractivity contribution in [2.45, 2.75) is 12.8 Å². The average molecular weight is 424 g/mol. The van der Waals surface area contributed by atoms with Crippen LogP contribution in [-0.2, 0) is 7.05 Å². The van der Waals surface area contributed by atoms with Gasteiger partial charge in [-0.2, -0.15) is 5.10 Å². The van der Waals surface area contributed by atoms with Crippen molar-refractivity contribution in [2.75, 3.05) is 49.1 Å². The lowest BCUT2D eigenvalue weighted by Crippen LogP contribution is -2.49. The Morgan fingerprint density at radius 3 is 2.33 bits per heavy atom. The van der Waals surface area contributed by atoms with Gasteiger partial charge in [0.25, 0.3) is 5.91 Å². The molecule has 8 nitrogen and oxygen atoms in total. The van der Waals surface area contributed by atoms with Crippen molar-refractivity contribution in [3.63, 3.8) is 0 Å². The lowest BCUT2D eigenvalue weighted by atomic mass is 10.2. The van der Waals surface area contributed by atoms with E-state index in [1.54, 1.807) is 22.3 Å². The van der Waals surface area contributed by atoms with Crippen LogP contribution >= 0.6 is 11.3 Å². The van der Waals surface area contributed by atoms with Crippen molar-refractivity contribution in [3.05, 3.63) is 41.7 Å². The molecule has 0 unspecified atom stereocenters. The van der Waals surface area contributed by atoms with Gasteiger partial charge in [0.05, 0.1) is 4.88 Å². The normalized spacial score (nSPS) is 17.0. The van der Waals surface area contributed by atoms with Gasteiger partial charge in [0.2, 0.25) is 0 Å². The Balaban J connectivity index is 1.25. The number of nitrogens with zero attached hydrogens (tertiary/aromatic N) is 7.